The fourth-order valence-corrected chi connectivity index (χ4v) is 1.44. The number of aromatic nitrogens is 1. The second-order valence-electron chi connectivity index (χ2n) is 3.68. The first-order chi connectivity index (χ1) is 7.58. The van der Waals surface area contributed by atoms with Crippen molar-refractivity contribution in [3.8, 4) is 11.3 Å². The van der Waals surface area contributed by atoms with E-state index in [1.807, 2.05) is 0 Å². The highest BCUT2D eigenvalue weighted by Gasteiger charge is 2.09. The monoisotopic (exact) mass is 221 g/mol. The molecule has 0 aliphatic rings. The fourth-order valence-electron chi connectivity index (χ4n) is 1.44. The Balaban J connectivity index is 2.47. The molecular weight excluding hydrogens is 209 g/mol. The predicted octanol–water partition coefficient (Wildman–Crippen LogP) is 2.13. The van der Waals surface area contributed by atoms with Gasteiger partial charge in [-0.25, -0.2) is 4.39 Å². The molecule has 0 atom stereocenters. The highest BCUT2D eigenvalue weighted by atomic mass is 19.1. The standard InChI is InChI=1S/C11H12FN3O/c1-15(2)10-5-7(3-4-8(10)12)9-6-11(13)16-14-9/h3-6H,13H2,1-2H3. The molecule has 0 amide bonds. The number of nitrogen functional groups attached to an aromatic ring is 1. The van der Waals surface area contributed by atoms with Crippen molar-refractivity contribution in [2.45, 2.75) is 0 Å². The average molecular weight is 221 g/mol. The summed E-state index contributed by atoms with van der Waals surface area (Å²) < 4.78 is 18.2. The van der Waals surface area contributed by atoms with Gasteiger partial charge in [-0.1, -0.05) is 5.16 Å². The summed E-state index contributed by atoms with van der Waals surface area (Å²) in [4.78, 5) is 1.70. The maximum atomic E-state index is 13.4. The zero-order valence-corrected chi connectivity index (χ0v) is 9.07. The quantitative estimate of drug-likeness (QED) is 0.844. The molecule has 0 spiro atoms. The molecule has 1 aromatic heterocycles. The van der Waals surface area contributed by atoms with Gasteiger partial charge >= 0.3 is 0 Å². The Hall–Kier alpha value is -2.04. The first kappa shape index (κ1) is 10.5. The number of hydrogen-bond acceptors (Lipinski definition) is 4. The minimum Gasteiger partial charge on any atom is -0.375 e. The number of benzene rings is 1. The number of anilines is 2. The van der Waals surface area contributed by atoms with Crippen molar-refractivity contribution in [1.82, 2.24) is 5.16 Å². The van der Waals surface area contributed by atoms with Crippen LogP contribution in [-0.2, 0) is 0 Å². The van der Waals surface area contributed by atoms with E-state index in [2.05, 4.69) is 5.16 Å². The number of nitrogens with two attached hydrogens (primary N) is 1. The second-order valence-corrected chi connectivity index (χ2v) is 3.68. The van der Waals surface area contributed by atoms with Crippen LogP contribution in [0.3, 0.4) is 0 Å². The van der Waals surface area contributed by atoms with Crippen molar-refractivity contribution in [3.05, 3.63) is 30.1 Å². The lowest BCUT2D eigenvalue weighted by atomic mass is 10.1. The minimum atomic E-state index is -0.273. The molecule has 0 unspecified atom stereocenters. The van der Waals surface area contributed by atoms with Crippen LogP contribution in [0.1, 0.15) is 0 Å². The highest BCUT2D eigenvalue weighted by molar-refractivity contribution is 5.67. The summed E-state index contributed by atoms with van der Waals surface area (Å²) in [6.07, 6.45) is 0. The van der Waals surface area contributed by atoms with E-state index in [4.69, 9.17) is 10.3 Å². The summed E-state index contributed by atoms with van der Waals surface area (Å²) in [5.41, 5.74) is 7.30. The van der Waals surface area contributed by atoms with Crippen LogP contribution in [0.25, 0.3) is 11.3 Å². The average Bonchev–Trinajstić information content (AvgIpc) is 2.65. The fraction of sp³-hybridized carbons (Fsp3) is 0.182. The Bertz CT molecular complexity index is 508. The topological polar surface area (TPSA) is 55.3 Å². The summed E-state index contributed by atoms with van der Waals surface area (Å²) in [5.74, 6) is -0.0315. The van der Waals surface area contributed by atoms with Crippen molar-refractivity contribution >= 4 is 11.6 Å². The van der Waals surface area contributed by atoms with E-state index in [1.165, 1.54) is 6.07 Å². The van der Waals surface area contributed by atoms with E-state index in [1.54, 1.807) is 37.2 Å². The molecule has 84 valence electrons. The van der Waals surface area contributed by atoms with E-state index in [0.29, 0.717) is 11.4 Å². The summed E-state index contributed by atoms with van der Waals surface area (Å²) in [5, 5.41) is 3.78. The smallest absolute Gasteiger partial charge is 0.222 e. The van der Waals surface area contributed by atoms with E-state index < -0.39 is 0 Å². The van der Waals surface area contributed by atoms with Crippen molar-refractivity contribution in [1.29, 1.82) is 0 Å². The van der Waals surface area contributed by atoms with Gasteiger partial charge in [-0.15, -0.1) is 0 Å². The SMILES string of the molecule is CN(C)c1cc(-c2cc(N)on2)ccc1F. The van der Waals surface area contributed by atoms with Gasteiger partial charge < -0.3 is 15.2 Å². The van der Waals surface area contributed by atoms with Crippen LogP contribution in [0.2, 0.25) is 0 Å². The normalized spacial score (nSPS) is 10.4. The Morgan fingerprint density at radius 2 is 2.06 bits per heavy atom. The van der Waals surface area contributed by atoms with Crippen LogP contribution in [0.15, 0.2) is 28.8 Å². The first-order valence-electron chi connectivity index (χ1n) is 4.77. The largest absolute Gasteiger partial charge is 0.375 e. The lowest BCUT2D eigenvalue weighted by Crippen LogP contribution is -2.10. The summed E-state index contributed by atoms with van der Waals surface area (Å²) >= 11 is 0. The maximum absolute atomic E-state index is 13.4. The summed E-state index contributed by atoms with van der Waals surface area (Å²) in [7, 11) is 3.55. The van der Waals surface area contributed by atoms with Gasteiger partial charge in [0.25, 0.3) is 0 Å². The van der Waals surface area contributed by atoms with Gasteiger partial charge in [0.05, 0.1) is 5.69 Å². The van der Waals surface area contributed by atoms with Gasteiger partial charge in [-0.3, -0.25) is 0 Å². The number of rotatable bonds is 2. The Kier molecular flexibility index (Phi) is 2.52. The van der Waals surface area contributed by atoms with Crippen LogP contribution in [-0.4, -0.2) is 19.3 Å². The molecule has 0 aliphatic heterocycles. The third-order valence-electron chi connectivity index (χ3n) is 2.25. The maximum Gasteiger partial charge on any atom is 0.222 e. The Morgan fingerprint density at radius 3 is 2.62 bits per heavy atom. The number of nitrogens with zero attached hydrogens (tertiary/aromatic N) is 2. The van der Waals surface area contributed by atoms with E-state index in [0.717, 1.165) is 5.56 Å². The van der Waals surface area contributed by atoms with Crippen molar-refractivity contribution in [3.63, 3.8) is 0 Å². The molecule has 0 saturated heterocycles. The number of hydrogen-bond donors (Lipinski definition) is 1. The molecule has 0 fully saturated rings. The minimum absolute atomic E-state index is 0.241. The van der Waals surface area contributed by atoms with Crippen molar-refractivity contribution in [2.75, 3.05) is 24.7 Å². The number of halogens is 1. The van der Waals surface area contributed by atoms with Gasteiger partial charge in [0.15, 0.2) is 0 Å². The molecule has 0 bridgehead atoms. The van der Waals surface area contributed by atoms with E-state index in [-0.39, 0.29) is 11.7 Å². The van der Waals surface area contributed by atoms with Crippen LogP contribution in [0.4, 0.5) is 16.0 Å². The third kappa shape index (κ3) is 1.84. The molecule has 1 aromatic carbocycles. The molecule has 16 heavy (non-hydrogen) atoms. The van der Waals surface area contributed by atoms with Crippen LogP contribution < -0.4 is 10.6 Å². The second kappa shape index (κ2) is 3.84. The van der Waals surface area contributed by atoms with Gasteiger partial charge in [0, 0.05) is 25.7 Å². The molecule has 0 saturated carbocycles. The highest BCUT2D eigenvalue weighted by Crippen LogP contribution is 2.26. The third-order valence-corrected chi connectivity index (χ3v) is 2.25. The van der Waals surface area contributed by atoms with Crippen LogP contribution in [0.5, 0.6) is 0 Å². The zero-order chi connectivity index (χ0) is 11.7. The van der Waals surface area contributed by atoms with Crippen molar-refractivity contribution in [2.24, 2.45) is 0 Å². The van der Waals surface area contributed by atoms with Gasteiger partial charge in [0.2, 0.25) is 5.88 Å². The molecule has 5 heteroatoms. The van der Waals surface area contributed by atoms with E-state index in [9.17, 15) is 4.39 Å². The van der Waals surface area contributed by atoms with Gasteiger partial charge in [-0.05, 0) is 18.2 Å². The van der Waals surface area contributed by atoms with Crippen LogP contribution in [0, 0.1) is 5.82 Å². The van der Waals surface area contributed by atoms with Gasteiger partial charge in [0.1, 0.15) is 11.5 Å². The Labute approximate surface area is 92.4 Å². The molecule has 0 radical (unpaired) electrons. The molecule has 4 nitrogen and oxygen atoms in total. The van der Waals surface area contributed by atoms with E-state index >= 15 is 0 Å². The molecule has 2 aromatic rings. The van der Waals surface area contributed by atoms with Gasteiger partial charge in [-0.2, -0.15) is 0 Å². The Morgan fingerprint density at radius 1 is 1.31 bits per heavy atom. The summed E-state index contributed by atoms with van der Waals surface area (Å²) in [6.45, 7) is 0. The zero-order valence-electron chi connectivity index (χ0n) is 9.07. The molecule has 0 aliphatic carbocycles. The molecule has 1 heterocycles. The first-order valence-corrected chi connectivity index (χ1v) is 4.77. The predicted molar refractivity (Wildman–Crippen MR) is 60.6 cm³/mol. The lowest BCUT2D eigenvalue weighted by molar-refractivity contribution is 0.439. The summed E-state index contributed by atoms with van der Waals surface area (Å²) in [6, 6.07) is 6.34. The molecular formula is C11H12FN3O. The molecule has 2 N–H and O–H groups in total. The van der Waals surface area contributed by atoms with Crippen molar-refractivity contribution < 1.29 is 8.91 Å². The lowest BCUT2D eigenvalue weighted by Gasteiger charge is -2.13. The van der Waals surface area contributed by atoms with Crippen LogP contribution >= 0.6 is 0 Å². The molecule has 2 rings (SSSR count).